The van der Waals surface area contributed by atoms with Gasteiger partial charge in [0, 0.05) is 11.6 Å². The van der Waals surface area contributed by atoms with Gasteiger partial charge in [-0.1, -0.05) is 23.7 Å². The molecule has 3 aromatic rings. The van der Waals surface area contributed by atoms with Crippen molar-refractivity contribution < 1.29 is 9.53 Å². The van der Waals surface area contributed by atoms with Crippen molar-refractivity contribution in [2.24, 2.45) is 0 Å². The first-order chi connectivity index (χ1) is 13.0. The van der Waals surface area contributed by atoms with Crippen molar-refractivity contribution in [3.8, 4) is 5.75 Å². The van der Waals surface area contributed by atoms with Crippen LogP contribution in [-0.2, 0) is 4.79 Å². The Kier molecular flexibility index (Phi) is 5.10. The largest absolute Gasteiger partial charge is 0.480 e. The average Bonchev–Trinajstić information content (AvgIpc) is 3.29. The molecule has 140 valence electrons. The lowest BCUT2D eigenvalue weighted by molar-refractivity contribution is -0.139. The lowest BCUT2D eigenvalue weighted by Crippen LogP contribution is -2.40. The molecule has 0 bridgehead atoms. The highest BCUT2D eigenvalue weighted by Crippen LogP contribution is 2.33. The van der Waals surface area contributed by atoms with Gasteiger partial charge in [0.25, 0.3) is 5.91 Å². The molecular weight excluding hydrogens is 430 g/mol. The van der Waals surface area contributed by atoms with E-state index in [0.29, 0.717) is 17.3 Å². The zero-order valence-corrected chi connectivity index (χ0v) is 17.1. The first kappa shape index (κ1) is 18.3. The normalized spacial score (nSPS) is 18.0. The number of carbonyl (C=O) groups is 1. The SMILES string of the molecule is CC(Oc1ccc(Cl)cc1Br)C(=O)N1CCCC1c1nc2ccccc2[nH]1. The number of ether oxygens (including phenoxy) is 1. The molecule has 2 aromatic carbocycles. The molecule has 1 saturated heterocycles. The number of nitrogens with one attached hydrogen (secondary N) is 1. The quantitative estimate of drug-likeness (QED) is 0.603. The molecule has 0 radical (unpaired) electrons. The van der Waals surface area contributed by atoms with Crippen molar-refractivity contribution in [1.82, 2.24) is 14.9 Å². The maximum absolute atomic E-state index is 13.0. The monoisotopic (exact) mass is 447 g/mol. The molecule has 7 heteroatoms. The van der Waals surface area contributed by atoms with Gasteiger partial charge in [0.1, 0.15) is 11.6 Å². The smallest absolute Gasteiger partial charge is 0.263 e. The van der Waals surface area contributed by atoms with Gasteiger partial charge >= 0.3 is 0 Å². The Morgan fingerprint density at radius 3 is 2.96 bits per heavy atom. The van der Waals surface area contributed by atoms with Gasteiger partial charge in [-0.15, -0.1) is 0 Å². The molecule has 2 unspecified atom stereocenters. The summed E-state index contributed by atoms with van der Waals surface area (Å²) in [5.74, 6) is 1.39. The van der Waals surface area contributed by atoms with E-state index >= 15 is 0 Å². The van der Waals surface area contributed by atoms with E-state index in [9.17, 15) is 4.79 Å². The van der Waals surface area contributed by atoms with Crippen LogP contribution in [0.25, 0.3) is 11.0 Å². The van der Waals surface area contributed by atoms with Crippen LogP contribution in [0.3, 0.4) is 0 Å². The average molecular weight is 449 g/mol. The second-order valence-corrected chi connectivity index (χ2v) is 7.95. The summed E-state index contributed by atoms with van der Waals surface area (Å²) in [6.45, 7) is 2.48. The maximum Gasteiger partial charge on any atom is 0.263 e. The predicted molar refractivity (Wildman–Crippen MR) is 109 cm³/mol. The summed E-state index contributed by atoms with van der Waals surface area (Å²) in [6, 6.07) is 13.1. The Morgan fingerprint density at radius 2 is 2.19 bits per heavy atom. The Morgan fingerprint density at radius 1 is 1.37 bits per heavy atom. The van der Waals surface area contributed by atoms with Gasteiger partial charge in [-0.2, -0.15) is 0 Å². The summed E-state index contributed by atoms with van der Waals surface area (Å²) in [4.78, 5) is 23.0. The molecule has 1 aliphatic rings. The molecule has 1 aliphatic heterocycles. The van der Waals surface area contributed by atoms with E-state index in [4.69, 9.17) is 16.3 Å². The number of para-hydroxylation sites is 2. The Labute approximate surface area is 170 Å². The van der Waals surface area contributed by atoms with Crippen molar-refractivity contribution in [3.05, 3.63) is 57.8 Å². The van der Waals surface area contributed by atoms with E-state index in [2.05, 4.69) is 25.9 Å². The highest BCUT2D eigenvalue weighted by atomic mass is 79.9. The first-order valence-corrected chi connectivity index (χ1v) is 10.1. The minimum Gasteiger partial charge on any atom is -0.480 e. The fraction of sp³-hybridized carbons (Fsp3) is 0.300. The molecule has 1 N–H and O–H groups in total. The van der Waals surface area contributed by atoms with Crippen LogP contribution in [0.1, 0.15) is 31.6 Å². The van der Waals surface area contributed by atoms with Crippen LogP contribution in [0.15, 0.2) is 46.9 Å². The number of benzene rings is 2. The van der Waals surface area contributed by atoms with Gasteiger partial charge in [-0.25, -0.2) is 4.98 Å². The van der Waals surface area contributed by atoms with Gasteiger partial charge in [0.05, 0.1) is 21.5 Å². The van der Waals surface area contributed by atoms with Crippen molar-refractivity contribution in [2.75, 3.05) is 6.54 Å². The van der Waals surface area contributed by atoms with Crippen LogP contribution in [0.5, 0.6) is 5.75 Å². The molecule has 1 aromatic heterocycles. The van der Waals surface area contributed by atoms with Crippen LogP contribution in [0, 0.1) is 0 Å². The zero-order valence-electron chi connectivity index (χ0n) is 14.8. The van der Waals surface area contributed by atoms with Gasteiger partial charge in [0.15, 0.2) is 6.10 Å². The van der Waals surface area contributed by atoms with Crippen LogP contribution in [0.4, 0.5) is 0 Å². The fourth-order valence-corrected chi connectivity index (χ4v) is 4.27. The summed E-state index contributed by atoms with van der Waals surface area (Å²) >= 11 is 9.40. The number of nitrogens with zero attached hydrogens (tertiary/aromatic N) is 2. The summed E-state index contributed by atoms with van der Waals surface area (Å²) in [5.41, 5.74) is 1.90. The number of hydrogen-bond acceptors (Lipinski definition) is 3. The summed E-state index contributed by atoms with van der Waals surface area (Å²) in [5, 5.41) is 0.609. The third-order valence-corrected chi connectivity index (χ3v) is 5.66. The molecule has 4 rings (SSSR count). The second kappa shape index (κ2) is 7.52. The van der Waals surface area contributed by atoms with E-state index in [1.807, 2.05) is 29.2 Å². The van der Waals surface area contributed by atoms with Crippen LogP contribution < -0.4 is 4.74 Å². The van der Waals surface area contributed by atoms with E-state index < -0.39 is 6.10 Å². The maximum atomic E-state index is 13.0. The third-order valence-electron chi connectivity index (χ3n) is 4.80. The number of imidazole rings is 1. The third kappa shape index (κ3) is 3.69. The number of fused-ring (bicyclic) bond motifs is 1. The van der Waals surface area contributed by atoms with E-state index in [0.717, 1.165) is 34.2 Å². The summed E-state index contributed by atoms with van der Waals surface area (Å²) in [6.07, 6.45) is 1.24. The molecule has 0 spiro atoms. The van der Waals surface area contributed by atoms with Crippen molar-refractivity contribution in [2.45, 2.75) is 31.9 Å². The number of H-pyrrole nitrogens is 1. The molecule has 5 nitrogen and oxygen atoms in total. The molecule has 1 amide bonds. The minimum atomic E-state index is -0.604. The molecule has 27 heavy (non-hydrogen) atoms. The highest BCUT2D eigenvalue weighted by Gasteiger charge is 2.35. The fourth-order valence-electron chi connectivity index (χ4n) is 3.49. The van der Waals surface area contributed by atoms with Crippen molar-refractivity contribution >= 4 is 44.5 Å². The molecule has 2 heterocycles. The van der Waals surface area contributed by atoms with Crippen molar-refractivity contribution in [3.63, 3.8) is 0 Å². The van der Waals surface area contributed by atoms with E-state index in [-0.39, 0.29) is 11.9 Å². The molecule has 0 saturated carbocycles. The van der Waals surface area contributed by atoms with Crippen molar-refractivity contribution in [1.29, 1.82) is 0 Å². The minimum absolute atomic E-state index is 0.0418. The van der Waals surface area contributed by atoms with Crippen LogP contribution in [-0.4, -0.2) is 33.4 Å². The molecule has 2 atom stereocenters. The zero-order chi connectivity index (χ0) is 19.0. The van der Waals surface area contributed by atoms with Gasteiger partial charge < -0.3 is 14.6 Å². The van der Waals surface area contributed by atoms with Crippen LogP contribution in [0.2, 0.25) is 5.02 Å². The summed E-state index contributed by atoms with van der Waals surface area (Å²) < 4.78 is 6.62. The molecular formula is C20H19BrClN3O2. The second-order valence-electron chi connectivity index (χ2n) is 6.66. The topological polar surface area (TPSA) is 58.2 Å². The lowest BCUT2D eigenvalue weighted by Gasteiger charge is -2.26. The van der Waals surface area contributed by atoms with Gasteiger partial charge in [0.2, 0.25) is 0 Å². The predicted octanol–water partition coefficient (Wildman–Crippen LogP) is 5.11. The number of halogens is 2. The van der Waals surface area contributed by atoms with E-state index in [1.54, 1.807) is 25.1 Å². The van der Waals surface area contributed by atoms with Gasteiger partial charge in [-0.3, -0.25) is 4.79 Å². The summed E-state index contributed by atoms with van der Waals surface area (Å²) in [7, 11) is 0. The Bertz CT molecular complexity index is 957. The number of aromatic nitrogens is 2. The number of likely N-dealkylation sites (tertiary alicyclic amines) is 1. The van der Waals surface area contributed by atoms with E-state index in [1.165, 1.54) is 0 Å². The number of rotatable bonds is 4. The lowest BCUT2D eigenvalue weighted by atomic mass is 10.2. The number of hydrogen-bond donors (Lipinski definition) is 1. The Balaban J connectivity index is 1.53. The highest BCUT2D eigenvalue weighted by molar-refractivity contribution is 9.10. The molecule has 0 aliphatic carbocycles. The molecule has 1 fully saturated rings. The Hall–Kier alpha value is -2.05. The first-order valence-electron chi connectivity index (χ1n) is 8.90. The number of amides is 1. The number of aromatic amines is 1. The standard InChI is InChI=1S/C20H19BrClN3O2/c1-12(27-18-9-8-13(22)11-14(18)21)20(26)25-10-4-7-17(25)19-23-15-5-2-3-6-16(15)24-19/h2-3,5-6,8-9,11-12,17H,4,7,10H2,1H3,(H,23,24). The van der Waals surface area contributed by atoms with Crippen LogP contribution >= 0.6 is 27.5 Å². The number of carbonyl (C=O) groups excluding carboxylic acids is 1. The van der Waals surface area contributed by atoms with Gasteiger partial charge in [-0.05, 0) is 66.0 Å².